The van der Waals surface area contributed by atoms with Crippen LogP contribution >= 0.6 is 0 Å². The van der Waals surface area contributed by atoms with E-state index in [1.54, 1.807) is 6.20 Å². The number of carboxylic acids is 1. The average molecular weight is 260 g/mol. The molecule has 4 atom stereocenters. The van der Waals surface area contributed by atoms with E-state index in [0.29, 0.717) is 11.8 Å². The summed E-state index contributed by atoms with van der Waals surface area (Å²) < 4.78 is 0. The molecule has 1 N–H and O–H groups in total. The van der Waals surface area contributed by atoms with Crippen LogP contribution in [0, 0.1) is 11.8 Å². The summed E-state index contributed by atoms with van der Waals surface area (Å²) in [4.78, 5) is 17.9. The van der Waals surface area contributed by atoms with E-state index in [0.717, 1.165) is 18.5 Å². The number of hydrogen-bond donors (Lipinski definition) is 1. The third-order valence-corrected chi connectivity index (χ3v) is 4.84. The highest BCUT2D eigenvalue weighted by Crippen LogP contribution is 2.45. The highest BCUT2D eigenvalue weighted by Gasteiger charge is 2.49. The van der Waals surface area contributed by atoms with Crippen molar-refractivity contribution in [2.75, 3.05) is 6.54 Å². The van der Waals surface area contributed by atoms with E-state index < -0.39 is 5.97 Å². The SMILES string of the molecule is CC(c1cccnc1)N1CC2CCCC2C1C(=O)O. The van der Waals surface area contributed by atoms with E-state index in [1.165, 1.54) is 12.8 Å². The first-order valence-corrected chi connectivity index (χ1v) is 7.07. The van der Waals surface area contributed by atoms with Crippen molar-refractivity contribution < 1.29 is 9.90 Å². The Hall–Kier alpha value is -1.42. The van der Waals surface area contributed by atoms with Gasteiger partial charge in [0.1, 0.15) is 6.04 Å². The van der Waals surface area contributed by atoms with E-state index in [9.17, 15) is 9.90 Å². The van der Waals surface area contributed by atoms with Crippen LogP contribution in [0.4, 0.5) is 0 Å². The zero-order chi connectivity index (χ0) is 13.4. The van der Waals surface area contributed by atoms with Crippen molar-refractivity contribution in [2.24, 2.45) is 11.8 Å². The Morgan fingerprint density at radius 1 is 1.53 bits per heavy atom. The largest absolute Gasteiger partial charge is 0.480 e. The highest BCUT2D eigenvalue weighted by atomic mass is 16.4. The van der Waals surface area contributed by atoms with E-state index in [2.05, 4.69) is 16.8 Å². The maximum atomic E-state index is 11.6. The lowest BCUT2D eigenvalue weighted by atomic mass is 9.94. The fourth-order valence-electron chi connectivity index (χ4n) is 3.88. The summed E-state index contributed by atoms with van der Waals surface area (Å²) in [5.41, 5.74) is 1.11. The zero-order valence-electron chi connectivity index (χ0n) is 11.2. The fourth-order valence-corrected chi connectivity index (χ4v) is 3.88. The van der Waals surface area contributed by atoms with Crippen molar-refractivity contribution in [1.29, 1.82) is 0 Å². The number of fused-ring (bicyclic) bond motifs is 1. The van der Waals surface area contributed by atoms with Gasteiger partial charge in [-0.1, -0.05) is 12.5 Å². The quantitative estimate of drug-likeness (QED) is 0.906. The maximum absolute atomic E-state index is 11.6. The van der Waals surface area contributed by atoms with Crippen molar-refractivity contribution in [3.05, 3.63) is 30.1 Å². The van der Waals surface area contributed by atoms with Crippen molar-refractivity contribution in [1.82, 2.24) is 9.88 Å². The molecule has 0 spiro atoms. The lowest BCUT2D eigenvalue weighted by molar-refractivity contribution is -0.144. The summed E-state index contributed by atoms with van der Waals surface area (Å²) in [6, 6.07) is 3.76. The molecular weight excluding hydrogens is 240 g/mol. The molecule has 2 heterocycles. The van der Waals surface area contributed by atoms with E-state index in [4.69, 9.17) is 0 Å². The first kappa shape index (κ1) is 12.6. The molecule has 0 aromatic carbocycles. The Morgan fingerprint density at radius 3 is 3.05 bits per heavy atom. The molecule has 102 valence electrons. The van der Waals surface area contributed by atoms with E-state index >= 15 is 0 Å². The fraction of sp³-hybridized carbons (Fsp3) is 0.600. The van der Waals surface area contributed by atoms with Crippen molar-refractivity contribution in [3.8, 4) is 0 Å². The first-order valence-electron chi connectivity index (χ1n) is 7.07. The van der Waals surface area contributed by atoms with Gasteiger partial charge in [-0.3, -0.25) is 14.7 Å². The Morgan fingerprint density at radius 2 is 2.37 bits per heavy atom. The van der Waals surface area contributed by atoms with Crippen molar-refractivity contribution in [2.45, 2.75) is 38.3 Å². The molecule has 4 nitrogen and oxygen atoms in total. The van der Waals surface area contributed by atoms with Crippen LogP contribution in [-0.4, -0.2) is 33.5 Å². The van der Waals surface area contributed by atoms with E-state index in [-0.39, 0.29) is 12.1 Å². The van der Waals surface area contributed by atoms with Gasteiger partial charge in [-0.05, 0) is 43.2 Å². The molecule has 2 aliphatic rings. The molecule has 1 aliphatic heterocycles. The minimum atomic E-state index is -0.662. The molecule has 0 bridgehead atoms. The molecule has 3 rings (SSSR count). The van der Waals surface area contributed by atoms with Gasteiger partial charge in [0.05, 0.1) is 0 Å². The van der Waals surface area contributed by atoms with Crippen LogP contribution < -0.4 is 0 Å². The zero-order valence-corrected chi connectivity index (χ0v) is 11.2. The number of aromatic nitrogens is 1. The number of carbonyl (C=O) groups is 1. The summed E-state index contributed by atoms with van der Waals surface area (Å²) in [5.74, 6) is 0.252. The second-order valence-electron chi connectivity index (χ2n) is 5.80. The lowest BCUT2D eigenvalue weighted by Gasteiger charge is -2.30. The molecule has 0 amide bonds. The van der Waals surface area contributed by atoms with Gasteiger partial charge in [0.2, 0.25) is 0 Å². The van der Waals surface area contributed by atoms with Gasteiger partial charge in [-0.2, -0.15) is 0 Å². The van der Waals surface area contributed by atoms with Gasteiger partial charge >= 0.3 is 5.97 Å². The topological polar surface area (TPSA) is 53.4 Å². The lowest BCUT2D eigenvalue weighted by Crippen LogP contribution is -2.41. The third-order valence-electron chi connectivity index (χ3n) is 4.84. The monoisotopic (exact) mass is 260 g/mol. The van der Waals surface area contributed by atoms with Crippen molar-refractivity contribution >= 4 is 5.97 Å². The smallest absolute Gasteiger partial charge is 0.321 e. The van der Waals surface area contributed by atoms with Crippen LogP contribution in [0.15, 0.2) is 24.5 Å². The standard InChI is InChI=1S/C15H20N2O2/c1-10(11-5-3-7-16-8-11)17-9-12-4-2-6-13(12)14(17)15(18)19/h3,5,7-8,10,12-14H,2,4,6,9H2,1H3,(H,18,19). The van der Waals surface area contributed by atoms with Crippen LogP contribution in [0.3, 0.4) is 0 Å². The van der Waals surface area contributed by atoms with Crippen LogP contribution in [-0.2, 0) is 4.79 Å². The number of nitrogens with zero attached hydrogens (tertiary/aromatic N) is 2. The molecule has 0 radical (unpaired) electrons. The van der Waals surface area contributed by atoms with Gasteiger partial charge in [0.15, 0.2) is 0 Å². The summed E-state index contributed by atoms with van der Waals surface area (Å²) in [5, 5.41) is 9.57. The number of carboxylic acid groups (broad SMARTS) is 1. The minimum Gasteiger partial charge on any atom is -0.480 e. The molecule has 4 unspecified atom stereocenters. The second-order valence-corrected chi connectivity index (χ2v) is 5.80. The number of pyridine rings is 1. The maximum Gasteiger partial charge on any atom is 0.321 e. The third kappa shape index (κ3) is 2.14. The van der Waals surface area contributed by atoms with Crippen molar-refractivity contribution in [3.63, 3.8) is 0 Å². The molecule has 1 saturated carbocycles. The average Bonchev–Trinajstić information content (AvgIpc) is 2.98. The van der Waals surface area contributed by atoms with Gasteiger partial charge in [0.25, 0.3) is 0 Å². The molecule has 4 heteroatoms. The van der Waals surface area contributed by atoms with Gasteiger partial charge in [-0.15, -0.1) is 0 Å². The predicted octanol–water partition coefficient (Wildman–Crippen LogP) is 2.33. The number of likely N-dealkylation sites (tertiary alicyclic amines) is 1. The molecular formula is C15H20N2O2. The summed E-state index contributed by atoms with van der Waals surface area (Å²) in [6.07, 6.45) is 7.04. The van der Waals surface area contributed by atoms with Crippen LogP contribution in [0.2, 0.25) is 0 Å². The summed E-state index contributed by atoms with van der Waals surface area (Å²) in [6.45, 7) is 3.01. The van der Waals surface area contributed by atoms with Gasteiger partial charge in [0, 0.05) is 25.0 Å². The van der Waals surface area contributed by atoms with Gasteiger partial charge in [-0.25, -0.2) is 0 Å². The van der Waals surface area contributed by atoms with Crippen LogP contribution in [0.5, 0.6) is 0 Å². The van der Waals surface area contributed by atoms with Crippen LogP contribution in [0.25, 0.3) is 0 Å². The highest BCUT2D eigenvalue weighted by molar-refractivity contribution is 5.74. The molecule has 1 saturated heterocycles. The second kappa shape index (κ2) is 4.93. The Bertz CT molecular complexity index is 462. The Balaban J connectivity index is 1.85. The Kier molecular flexibility index (Phi) is 3.27. The van der Waals surface area contributed by atoms with Gasteiger partial charge < -0.3 is 5.11 Å². The summed E-state index contributed by atoms with van der Waals surface area (Å²) in [7, 11) is 0. The molecule has 2 fully saturated rings. The van der Waals surface area contributed by atoms with E-state index in [1.807, 2.05) is 18.3 Å². The van der Waals surface area contributed by atoms with Crippen LogP contribution in [0.1, 0.15) is 37.8 Å². The molecule has 1 aliphatic carbocycles. The first-order chi connectivity index (χ1) is 9.18. The number of rotatable bonds is 3. The summed E-state index contributed by atoms with van der Waals surface area (Å²) >= 11 is 0. The number of hydrogen-bond acceptors (Lipinski definition) is 3. The molecule has 1 aromatic rings. The molecule has 1 aromatic heterocycles. The Labute approximate surface area is 113 Å². The minimum absolute atomic E-state index is 0.125. The molecule has 19 heavy (non-hydrogen) atoms. The number of aliphatic carboxylic acids is 1. The normalized spacial score (nSPS) is 32.2. The predicted molar refractivity (Wildman–Crippen MR) is 71.6 cm³/mol.